The van der Waals surface area contributed by atoms with Gasteiger partial charge in [-0.3, -0.25) is 9.59 Å². The number of benzene rings is 3. The number of anilines is 2. The summed E-state index contributed by atoms with van der Waals surface area (Å²) in [5.74, 6) is 0.440. The summed E-state index contributed by atoms with van der Waals surface area (Å²) >= 11 is 0. The number of hydrogen-bond donors (Lipinski definition) is 3. The first-order valence-electron chi connectivity index (χ1n) is 10.2. The second-order valence-electron chi connectivity index (χ2n) is 7.17. The van der Waals surface area contributed by atoms with Gasteiger partial charge in [0.25, 0.3) is 5.91 Å². The summed E-state index contributed by atoms with van der Waals surface area (Å²) in [6.07, 6.45) is 0.713. The normalized spacial score (nSPS) is 10.3. The molecule has 0 fully saturated rings. The van der Waals surface area contributed by atoms with Crippen LogP contribution in [0.5, 0.6) is 5.75 Å². The number of amides is 2. The molecule has 0 heterocycles. The van der Waals surface area contributed by atoms with Gasteiger partial charge in [0, 0.05) is 17.9 Å². The van der Waals surface area contributed by atoms with Crippen molar-refractivity contribution in [2.45, 2.75) is 13.3 Å². The molecule has 0 aliphatic rings. The predicted molar refractivity (Wildman–Crippen MR) is 124 cm³/mol. The standard InChI is InChI=1S/C25H27N3O3/c1-18-6-5-7-20(16-18)28-24(29)17-27-23-9-4-3-8-22(23)25(30)26-15-14-19-10-12-21(31-2)13-11-19/h3-13,16,27H,14-15,17H2,1-2H3,(H,26,30)(H,28,29). The highest BCUT2D eigenvalue weighted by atomic mass is 16.5. The zero-order chi connectivity index (χ0) is 22.1. The van der Waals surface area contributed by atoms with Crippen molar-refractivity contribution in [1.82, 2.24) is 5.32 Å². The average Bonchev–Trinajstić information content (AvgIpc) is 2.78. The van der Waals surface area contributed by atoms with E-state index in [0.717, 1.165) is 22.6 Å². The number of para-hydroxylation sites is 1. The first-order chi connectivity index (χ1) is 15.0. The van der Waals surface area contributed by atoms with E-state index in [4.69, 9.17) is 4.74 Å². The van der Waals surface area contributed by atoms with Crippen molar-refractivity contribution in [2.24, 2.45) is 0 Å². The van der Waals surface area contributed by atoms with E-state index in [1.165, 1.54) is 0 Å². The van der Waals surface area contributed by atoms with E-state index < -0.39 is 0 Å². The Morgan fingerprint density at radius 1 is 0.935 bits per heavy atom. The molecule has 0 saturated heterocycles. The zero-order valence-corrected chi connectivity index (χ0v) is 17.8. The Morgan fingerprint density at radius 3 is 2.45 bits per heavy atom. The molecule has 160 valence electrons. The molecule has 0 spiro atoms. The van der Waals surface area contributed by atoms with Crippen molar-refractivity contribution in [2.75, 3.05) is 30.8 Å². The van der Waals surface area contributed by atoms with E-state index in [9.17, 15) is 9.59 Å². The van der Waals surface area contributed by atoms with Gasteiger partial charge in [-0.15, -0.1) is 0 Å². The Hall–Kier alpha value is -3.80. The zero-order valence-electron chi connectivity index (χ0n) is 17.8. The molecule has 3 N–H and O–H groups in total. The van der Waals surface area contributed by atoms with Gasteiger partial charge in [-0.25, -0.2) is 0 Å². The molecular formula is C25H27N3O3. The minimum absolute atomic E-state index is 0.0596. The molecule has 0 bridgehead atoms. The molecule has 3 aromatic rings. The number of aryl methyl sites for hydroxylation is 1. The number of carbonyl (C=O) groups excluding carboxylic acids is 2. The van der Waals surface area contributed by atoms with Crippen molar-refractivity contribution >= 4 is 23.2 Å². The van der Waals surface area contributed by atoms with E-state index >= 15 is 0 Å². The van der Waals surface area contributed by atoms with Crippen LogP contribution >= 0.6 is 0 Å². The minimum atomic E-state index is -0.185. The number of rotatable bonds is 9. The van der Waals surface area contributed by atoms with Gasteiger partial charge in [0.1, 0.15) is 5.75 Å². The summed E-state index contributed by atoms with van der Waals surface area (Å²) < 4.78 is 5.16. The monoisotopic (exact) mass is 417 g/mol. The maximum Gasteiger partial charge on any atom is 0.253 e. The van der Waals surface area contributed by atoms with Gasteiger partial charge >= 0.3 is 0 Å². The van der Waals surface area contributed by atoms with Crippen molar-refractivity contribution in [3.63, 3.8) is 0 Å². The molecule has 6 nitrogen and oxygen atoms in total. The summed E-state index contributed by atoms with van der Waals surface area (Å²) in [5.41, 5.74) is 4.04. The summed E-state index contributed by atoms with van der Waals surface area (Å²) in [6, 6.07) is 22.5. The van der Waals surface area contributed by atoms with Crippen LogP contribution in [0.25, 0.3) is 0 Å². The van der Waals surface area contributed by atoms with Gasteiger partial charge < -0.3 is 20.7 Å². The molecule has 0 unspecified atom stereocenters. The third kappa shape index (κ3) is 6.60. The van der Waals surface area contributed by atoms with E-state index in [1.54, 1.807) is 25.3 Å². The fraction of sp³-hybridized carbons (Fsp3) is 0.200. The number of methoxy groups -OCH3 is 1. The Kier molecular flexibility index (Phi) is 7.65. The van der Waals surface area contributed by atoms with Crippen molar-refractivity contribution in [1.29, 1.82) is 0 Å². The lowest BCUT2D eigenvalue weighted by molar-refractivity contribution is -0.114. The molecule has 3 aromatic carbocycles. The molecule has 0 aliphatic heterocycles. The first kappa shape index (κ1) is 21.9. The van der Waals surface area contributed by atoms with Gasteiger partial charge in [0.15, 0.2) is 0 Å². The Balaban J connectivity index is 1.52. The highest BCUT2D eigenvalue weighted by Gasteiger charge is 2.11. The van der Waals surface area contributed by atoms with Crippen molar-refractivity contribution in [3.05, 3.63) is 89.5 Å². The van der Waals surface area contributed by atoms with Gasteiger partial charge in [-0.05, 0) is 60.9 Å². The Labute approximate surface area is 182 Å². The molecule has 3 rings (SSSR count). The maximum atomic E-state index is 12.7. The third-order valence-corrected chi connectivity index (χ3v) is 4.77. The molecule has 31 heavy (non-hydrogen) atoms. The molecular weight excluding hydrogens is 390 g/mol. The summed E-state index contributed by atoms with van der Waals surface area (Å²) in [6.45, 7) is 2.54. The Morgan fingerprint density at radius 2 is 1.71 bits per heavy atom. The minimum Gasteiger partial charge on any atom is -0.497 e. The lowest BCUT2D eigenvalue weighted by atomic mass is 10.1. The molecule has 6 heteroatoms. The van der Waals surface area contributed by atoms with Gasteiger partial charge in [-0.1, -0.05) is 36.4 Å². The lowest BCUT2D eigenvalue weighted by Crippen LogP contribution is -2.28. The highest BCUT2D eigenvalue weighted by molar-refractivity contribution is 6.00. The van der Waals surface area contributed by atoms with Crippen LogP contribution in [0.15, 0.2) is 72.8 Å². The number of carbonyl (C=O) groups is 2. The number of nitrogens with one attached hydrogen (secondary N) is 3. The second kappa shape index (κ2) is 10.8. The number of ether oxygens (including phenoxy) is 1. The molecule has 0 atom stereocenters. The fourth-order valence-electron chi connectivity index (χ4n) is 3.15. The SMILES string of the molecule is COc1ccc(CCNC(=O)c2ccccc2NCC(=O)Nc2cccc(C)c2)cc1. The quantitative estimate of drug-likeness (QED) is 0.491. The maximum absolute atomic E-state index is 12.7. The van der Waals surface area contributed by atoms with Crippen LogP contribution in [0.2, 0.25) is 0 Å². The second-order valence-corrected chi connectivity index (χ2v) is 7.17. The topological polar surface area (TPSA) is 79.5 Å². The molecule has 0 radical (unpaired) electrons. The van der Waals surface area contributed by atoms with E-state index in [-0.39, 0.29) is 18.4 Å². The van der Waals surface area contributed by atoms with Gasteiger partial charge in [-0.2, -0.15) is 0 Å². The summed E-state index contributed by atoms with van der Waals surface area (Å²) in [5, 5.41) is 8.85. The average molecular weight is 418 g/mol. The lowest BCUT2D eigenvalue weighted by Gasteiger charge is -2.13. The Bertz CT molecular complexity index is 1030. The molecule has 2 amide bonds. The van der Waals surface area contributed by atoms with Crippen LogP contribution in [0.4, 0.5) is 11.4 Å². The van der Waals surface area contributed by atoms with Gasteiger partial charge in [0.05, 0.1) is 19.2 Å². The third-order valence-electron chi connectivity index (χ3n) is 4.77. The smallest absolute Gasteiger partial charge is 0.253 e. The van der Waals surface area contributed by atoms with Crippen LogP contribution in [-0.2, 0) is 11.2 Å². The summed E-state index contributed by atoms with van der Waals surface area (Å²) in [4.78, 5) is 24.9. The van der Waals surface area contributed by atoms with Crippen LogP contribution in [-0.4, -0.2) is 32.0 Å². The largest absolute Gasteiger partial charge is 0.497 e. The van der Waals surface area contributed by atoms with Crippen LogP contribution in [0.1, 0.15) is 21.5 Å². The van der Waals surface area contributed by atoms with Crippen molar-refractivity contribution in [3.8, 4) is 5.75 Å². The van der Waals surface area contributed by atoms with E-state index in [0.29, 0.717) is 24.2 Å². The molecule has 0 saturated carbocycles. The predicted octanol–water partition coefficient (Wildman–Crippen LogP) is 4.03. The number of hydrogen-bond acceptors (Lipinski definition) is 4. The molecule has 0 aliphatic carbocycles. The van der Waals surface area contributed by atoms with E-state index in [1.807, 2.05) is 61.5 Å². The van der Waals surface area contributed by atoms with E-state index in [2.05, 4.69) is 16.0 Å². The van der Waals surface area contributed by atoms with Crippen LogP contribution < -0.4 is 20.7 Å². The molecule has 0 aromatic heterocycles. The van der Waals surface area contributed by atoms with Crippen LogP contribution in [0, 0.1) is 6.92 Å². The van der Waals surface area contributed by atoms with Crippen LogP contribution in [0.3, 0.4) is 0 Å². The fourth-order valence-corrected chi connectivity index (χ4v) is 3.15. The van der Waals surface area contributed by atoms with Gasteiger partial charge in [0.2, 0.25) is 5.91 Å². The first-order valence-corrected chi connectivity index (χ1v) is 10.2. The van der Waals surface area contributed by atoms with Crippen molar-refractivity contribution < 1.29 is 14.3 Å². The summed E-state index contributed by atoms with van der Waals surface area (Å²) in [7, 11) is 1.63. The highest BCUT2D eigenvalue weighted by Crippen LogP contribution is 2.16.